The summed E-state index contributed by atoms with van der Waals surface area (Å²) in [7, 11) is 1.83. The van der Waals surface area contributed by atoms with Gasteiger partial charge in [-0.15, -0.1) is 0 Å². The van der Waals surface area contributed by atoms with E-state index in [-0.39, 0.29) is 73.9 Å². The average molecular weight is 781 g/mol. The number of nitrogens with zero attached hydrogens (tertiary/aromatic N) is 6. The van der Waals surface area contributed by atoms with E-state index in [1.807, 2.05) is 11.9 Å². The highest BCUT2D eigenvalue weighted by molar-refractivity contribution is 6.25. The Morgan fingerprint density at radius 3 is 2.51 bits per heavy atom. The highest BCUT2D eigenvalue weighted by atomic mass is 16.4. The predicted octanol–water partition coefficient (Wildman–Crippen LogP) is 0.451. The van der Waals surface area contributed by atoms with E-state index in [1.54, 1.807) is 42.6 Å². The lowest BCUT2D eigenvalue weighted by atomic mass is 10.0. The second kappa shape index (κ2) is 17.0. The highest BCUT2D eigenvalue weighted by Crippen LogP contribution is 2.32. The van der Waals surface area contributed by atoms with E-state index in [2.05, 4.69) is 41.2 Å². The van der Waals surface area contributed by atoms with Crippen LogP contribution in [0.15, 0.2) is 48.7 Å². The molecule has 2 aliphatic rings. The molecular weight excluding hydrogens is 740 g/mol. The number of carbonyl (C=O) groups is 7. The van der Waals surface area contributed by atoms with Crippen LogP contribution < -0.4 is 37.6 Å². The van der Waals surface area contributed by atoms with Gasteiger partial charge >= 0.3 is 5.97 Å². The molecule has 9 N–H and O–H groups in total. The van der Waals surface area contributed by atoms with Gasteiger partial charge in [0, 0.05) is 56.5 Å². The molecule has 20 nitrogen and oxygen atoms in total. The molecule has 0 saturated carbocycles. The second-order valence-electron chi connectivity index (χ2n) is 13.5. The SMILES string of the molecule is CN(Cc1cnc2nc(N)nc(N)c2n1)c1ccc(C(=O)NC[C@H](CCC(=O)O)C(=O)NCCCNc2cccc3c2C(=O)N(C2CCC(=O)NC2=O)C3=O)cc1. The summed E-state index contributed by atoms with van der Waals surface area (Å²) in [6, 6.07) is 10.4. The first-order valence-corrected chi connectivity index (χ1v) is 18.0. The maximum atomic E-state index is 13.3. The molecule has 0 bridgehead atoms. The normalized spacial score (nSPS) is 15.5. The maximum Gasteiger partial charge on any atom is 0.303 e. The van der Waals surface area contributed by atoms with Crippen molar-refractivity contribution in [1.82, 2.24) is 40.8 Å². The Bertz CT molecular complexity index is 2270. The maximum absolute atomic E-state index is 13.3. The zero-order chi connectivity index (χ0) is 40.8. The van der Waals surface area contributed by atoms with Crippen molar-refractivity contribution >= 4 is 75.7 Å². The van der Waals surface area contributed by atoms with Crippen molar-refractivity contribution in [3.8, 4) is 0 Å². The minimum atomic E-state index is -1.09. The minimum absolute atomic E-state index is 0.00142. The number of fused-ring (bicyclic) bond motifs is 2. The fraction of sp³-hybridized carbons (Fsp3) is 0.324. The third kappa shape index (κ3) is 9.01. The Hall–Kier alpha value is -7.25. The monoisotopic (exact) mass is 780 g/mol. The number of nitrogens with one attached hydrogen (secondary N) is 4. The van der Waals surface area contributed by atoms with Crippen LogP contribution in [0.1, 0.15) is 68.9 Å². The lowest BCUT2D eigenvalue weighted by Crippen LogP contribution is -2.54. The number of hydrogen-bond donors (Lipinski definition) is 7. The van der Waals surface area contributed by atoms with E-state index in [0.717, 1.165) is 10.6 Å². The molecule has 0 radical (unpaired) electrons. The number of carboxylic acids is 1. The van der Waals surface area contributed by atoms with Crippen molar-refractivity contribution < 1.29 is 38.7 Å². The molecule has 20 heteroatoms. The fourth-order valence-corrected chi connectivity index (χ4v) is 6.53. The number of carbonyl (C=O) groups excluding carboxylic acids is 6. The second-order valence-corrected chi connectivity index (χ2v) is 13.5. The topological polar surface area (TPSA) is 298 Å². The standard InChI is InChI=1S/C37H40N12O8/c1-48(18-21-17-42-31-29(44-21)30(38)46-37(39)47-31)22-9-6-19(7-10-22)32(53)43-16-20(8-13-27(51)52)33(54)41-15-3-14-40-24-5-2-4-23-28(24)36(57)49(35(23)56)25-11-12-26(50)45-34(25)55/h2,4-7,9-10,17,20,25,40H,3,8,11-16,18H2,1H3,(H,41,54)(H,43,53)(H,51,52)(H,45,50,55)(H4,38,39,42,46,47)/t20-,25?/m0/s1. The molecule has 4 heterocycles. The first-order valence-electron chi connectivity index (χ1n) is 18.0. The fourth-order valence-electron chi connectivity index (χ4n) is 6.53. The Morgan fingerprint density at radius 2 is 1.77 bits per heavy atom. The molecule has 2 atom stereocenters. The first-order chi connectivity index (χ1) is 27.3. The number of aliphatic carboxylic acids is 1. The minimum Gasteiger partial charge on any atom is -0.481 e. The van der Waals surface area contributed by atoms with Crippen LogP contribution in [0.2, 0.25) is 0 Å². The molecule has 2 aromatic carbocycles. The Balaban J connectivity index is 0.983. The van der Waals surface area contributed by atoms with Crippen LogP contribution in [-0.4, -0.2) is 104 Å². The van der Waals surface area contributed by atoms with E-state index in [4.69, 9.17) is 11.5 Å². The summed E-state index contributed by atoms with van der Waals surface area (Å²) < 4.78 is 0. The van der Waals surface area contributed by atoms with Gasteiger partial charge in [-0.05, 0) is 55.7 Å². The number of aromatic nitrogens is 4. The van der Waals surface area contributed by atoms with Crippen molar-refractivity contribution in [2.24, 2.45) is 5.92 Å². The van der Waals surface area contributed by atoms with E-state index in [0.29, 0.717) is 35.4 Å². The van der Waals surface area contributed by atoms with E-state index in [9.17, 15) is 38.7 Å². The van der Waals surface area contributed by atoms with Crippen LogP contribution in [0.5, 0.6) is 0 Å². The number of anilines is 4. The summed E-state index contributed by atoms with van der Waals surface area (Å²) in [4.78, 5) is 107. The van der Waals surface area contributed by atoms with Gasteiger partial charge in [-0.3, -0.25) is 43.8 Å². The van der Waals surface area contributed by atoms with Crippen LogP contribution in [0.25, 0.3) is 11.2 Å². The number of nitrogen functional groups attached to an aromatic ring is 2. The number of piperidine rings is 1. The molecule has 296 valence electrons. The number of hydrogen-bond acceptors (Lipinski definition) is 15. The summed E-state index contributed by atoms with van der Waals surface area (Å²) in [6.07, 6.45) is 1.70. The number of imide groups is 2. The van der Waals surface area contributed by atoms with Crippen molar-refractivity contribution in [2.45, 2.75) is 44.7 Å². The summed E-state index contributed by atoms with van der Waals surface area (Å²) in [6.45, 7) is 0.720. The number of rotatable bonds is 16. The molecule has 2 aromatic heterocycles. The predicted molar refractivity (Wildman–Crippen MR) is 204 cm³/mol. The largest absolute Gasteiger partial charge is 0.481 e. The highest BCUT2D eigenvalue weighted by Gasteiger charge is 2.45. The zero-order valence-corrected chi connectivity index (χ0v) is 30.8. The summed E-state index contributed by atoms with van der Waals surface area (Å²) in [5, 5.41) is 20.1. The van der Waals surface area contributed by atoms with Gasteiger partial charge in [0.2, 0.25) is 23.7 Å². The number of benzene rings is 2. The van der Waals surface area contributed by atoms with Gasteiger partial charge in [0.05, 0.1) is 35.5 Å². The molecule has 6 amide bonds. The number of carboxylic acid groups (broad SMARTS) is 1. The molecule has 0 aliphatic carbocycles. The van der Waals surface area contributed by atoms with E-state index in [1.165, 1.54) is 6.07 Å². The smallest absolute Gasteiger partial charge is 0.303 e. The lowest BCUT2D eigenvalue weighted by Gasteiger charge is -2.27. The van der Waals surface area contributed by atoms with E-state index < -0.39 is 53.4 Å². The molecule has 4 aromatic rings. The van der Waals surface area contributed by atoms with Crippen LogP contribution in [0, 0.1) is 5.92 Å². The molecule has 1 fully saturated rings. The van der Waals surface area contributed by atoms with Crippen molar-refractivity contribution in [1.29, 1.82) is 0 Å². The molecular formula is C37H40N12O8. The molecule has 2 aliphatic heterocycles. The molecule has 1 unspecified atom stereocenters. The van der Waals surface area contributed by atoms with Gasteiger partial charge < -0.3 is 37.4 Å². The Kier molecular flexibility index (Phi) is 11.8. The van der Waals surface area contributed by atoms with Gasteiger partial charge in [0.15, 0.2) is 17.0 Å². The van der Waals surface area contributed by atoms with E-state index >= 15 is 0 Å². The molecule has 6 rings (SSSR count). The van der Waals surface area contributed by atoms with Crippen molar-refractivity contribution in [3.05, 3.63) is 71.0 Å². The quantitative estimate of drug-likeness (QED) is 0.0600. The lowest BCUT2D eigenvalue weighted by molar-refractivity contribution is -0.138. The first kappa shape index (κ1) is 39.4. The van der Waals surface area contributed by atoms with Crippen LogP contribution in [0.3, 0.4) is 0 Å². The van der Waals surface area contributed by atoms with Gasteiger partial charge in [-0.25, -0.2) is 9.97 Å². The van der Waals surface area contributed by atoms with Gasteiger partial charge in [-0.1, -0.05) is 6.07 Å². The van der Waals surface area contributed by atoms with Gasteiger partial charge in [0.25, 0.3) is 17.7 Å². The van der Waals surface area contributed by atoms with Crippen LogP contribution in [-0.2, 0) is 25.7 Å². The van der Waals surface area contributed by atoms with Crippen molar-refractivity contribution in [3.63, 3.8) is 0 Å². The Morgan fingerprint density at radius 1 is 1.00 bits per heavy atom. The Labute approximate surface area is 324 Å². The van der Waals surface area contributed by atoms with Gasteiger partial charge in [-0.2, -0.15) is 9.97 Å². The third-order valence-electron chi connectivity index (χ3n) is 9.49. The summed E-state index contributed by atoms with van der Waals surface area (Å²) >= 11 is 0. The summed E-state index contributed by atoms with van der Waals surface area (Å²) in [5.74, 6) is -5.12. The van der Waals surface area contributed by atoms with Gasteiger partial charge in [0.1, 0.15) is 6.04 Å². The zero-order valence-electron chi connectivity index (χ0n) is 30.8. The molecule has 0 spiro atoms. The summed E-state index contributed by atoms with van der Waals surface area (Å²) in [5.41, 5.74) is 14.5. The van der Waals surface area contributed by atoms with Crippen LogP contribution in [0.4, 0.5) is 23.1 Å². The van der Waals surface area contributed by atoms with Crippen molar-refractivity contribution in [2.75, 3.05) is 48.4 Å². The molecule has 57 heavy (non-hydrogen) atoms. The third-order valence-corrected chi connectivity index (χ3v) is 9.49. The van der Waals surface area contributed by atoms with Crippen LogP contribution >= 0.6 is 0 Å². The molecule has 1 saturated heterocycles. The number of nitrogens with two attached hydrogens (primary N) is 2. The average Bonchev–Trinajstić information content (AvgIpc) is 3.43. The number of amides is 6.